The number of hydrogen-bond acceptors (Lipinski definition) is 5. The van der Waals surface area contributed by atoms with Gasteiger partial charge in [-0.05, 0) is 18.5 Å². The lowest BCUT2D eigenvalue weighted by molar-refractivity contribution is 0.0899. The minimum atomic E-state index is -1.09. The fraction of sp³-hybridized carbons (Fsp3) is 0.474. The number of ether oxygens (including phenoxy) is 1. The van der Waals surface area contributed by atoms with Gasteiger partial charge >= 0.3 is 0 Å². The van der Waals surface area contributed by atoms with E-state index in [2.05, 4.69) is 40.8 Å². The summed E-state index contributed by atoms with van der Waals surface area (Å²) >= 11 is 0. The predicted molar refractivity (Wildman–Crippen MR) is 115 cm³/mol. The fourth-order valence-electron chi connectivity index (χ4n) is 2.85. The SMILES string of the molecule is CCC(C#N)n1cc(-c2ncnc3c2ccn3COCC[Si](C)(C)C)cn1.Cl. The third-order valence-corrected chi connectivity index (χ3v) is 6.22. The molecule has 0 saturated carbocycles. The molecule has 0 aromatic carbocycles. The van der Waals surface area contributed by atoms with E-state index in [9.17, 15) is 5.26 Å². The van der Waals surface area contributed by atoms with Gasteiger partial charge in [-0.2, -0.15) is 10.4 Å². The summed E-state index contributed by atoms with van der Waals surface area (Å²) in [7, 11) is -1.09. The monoisotopic (exact) mass is 418 g/mol. The summed E-state index contributed by atoms with van der Waals surface area (Å²) in [4.78, 5) is 8.88. The molecule has 1 atom stereocenters. The molecule has 0 amide bonds. The van der Waals surface area contributed by atoms with Crippen molar-refractivity contribution in [3.63, 3.8) is 0 Å². The van der Waals surface area contributed by atoms with E-state index in [4.69, 9.17) is 4.74 Å². The number of fused-ring (bicyclic) bond motifs is 1. The third-order valence-electron chi connectivity index (χ3n) is 4.51. The molecule has 0 spiro atoms. The first kappa shape index (κ1) is 22.1. The van der Waals surface area contributed by atoms with Gasteiger partial charge in [-0.3, -0.25) is 4.68 Å². The van der Waals surface area contributed by atoms with Crippen molar-refractivity contribution in [2.75, 3.05) is 6.61 Å². The first-order valence-corrected chi connectivity index (χ1v) is 13.0. The molecule has 3 aromatic heterocycles. The van der Waals surface area contributed by atoms with E-state index in [1.54, 1.807) is 17.2 Å². The van der Waals surface area contributed by atoms with E-state index < -0.39 is 8.07 Å². The van der Waals surface area contributed by atoms with Crippen LogP contribution < -0.4 is 0 Å². The lowest BCUT2D eigenvalue weighted by Crippen LogP contribution is -2.22. The zero-order valence-electron chi connectivity index (χ0n) is 16.8. The van der Waals surface area contributed by atoms with Gasteiger partial charge in [-0.15, -0.1) is 12.4 Å². The van der Waals surface area contributed by atoms with Crippen LogP contribution in [0.4, 0.5) is 0 Å². The summed E-state index contributed by atoms with van der Waals surface area (Å²) in [6.45, 7) is 10.3. The second-order valence-corrected chi connectivity index (χ2v) is 13.5. The average Bonchev–Trinajstić information content (AvgIpc) is 3.26. The maximum Gasteiger partial charge on any atom is 0.145 e. The van der Waals surface area contributed by atoms with Gasteiger partial charge in [0.25, 0.3) is 0 Å². The van der Waals surface area contributed by atoms with E-state index in [1.165, 1.54) is 0 Å². The molecule has 3 rings (SSSR count). The van der Waals surface area contributed by atoms with Gasteiger partial charge in [-0.25, -0.2) is 9.97 Å². The molecule has 28 heavy (non-hydrogen) atoms. The molecule has 0 saturated heterocycles. The van der Waals surface area contributed by atoms with Crippen molar-refractivity contribution in [2.45, 2.75) is 51.8 Å². The lowest BCUT2D eigenvalue weighted by Gasteiger charge is -2.15. The zero-order valence-corrected chi connectivity index (χ0v) is 18.6. The molecular formula is C19H27ClN6OSi. The second kappa shape index (κ2) is 9.32. The molecular weight excluding hydrogens is 392 g/mol. The van der Waals surface area contributed by atoms with Crippen molar-refractivity contribution >= 4 is 31.5 Å². The number of halogens is 1. The van der Waals surface area contributed by atoms with Crippen molar-refractivity contribution in [1.82, 2.24) is 24.3 Å². The quantitative estimate of drug-likeness (QED) is 0.397. The van der Waals surface area contributed by atoms with Crippen LogP contribution >= 0.6 is 12.4 Å². The third kappa shape index (κ3) is 4.98. The first-order valence-electron chi connectivity index (χ1n) is 9.24. The highest BCUT2D eigenvalue weighted by atomic mass is 35.5. The predicted octanol–water partition coefficient (Wildman–Crippen LogP) is 4.50. The molecule has 0 aliphatic rings. The van der Waals surface area contributed by atoms with Gasteiger partial charge in [0.1, 0.15) is 24.7 Å². The summed E-state index contributed by atoms with van der Waals surface area (Å²) in [6.07, 6.45) is 7.88. The lowest BCUT2D eigenvalue weighted by atomic mass is 10.2. The van der Waals surface area contributed by atoms with Gasteiger partial charge in [0.2, 0.25) is 0 Å². The van der Waals surface area contributed by atoms with Crippen LogP contribution in [0.3, 0.4) is 0 Å². The van der Waals surface area contributed by atoms with E-state index in [1.807, 2.05) is 30.0 Å². The minimum Gasteiger partial charge on any atom is -0.361 e. The van der Waals surface area contributed by atoms with Crippen molar-refractivity contribution in [1.29, 1.82) is 5.26 Å². The Morgan fingerprint density at radius 2 is 2.07 bits per heavy atom. The highest BCUT2D eigenvalue weighted by molar-refractivity contribution is 6.76. The van der Waals surface area contributed by atoms with Gasteiger partial charge in [0, 0.05) is 38.0 Å². The van der Waals surface area contributed by atoms with Gasteiger partial charge in [-0.1, -0.05) is 26.6 Å². The molecule has 150 valence electrons. The zero-order chi connectivity index (χ0) is 19.4. The highest BCUT2D eigenvalue weighted by Crippen LogP contribution is 2.26. The molecule has 9 heteroatoms. The summed E-state index contributed by atoms with van der Waals surface area (Å²) in [6, 6.07) is 5.15. The first-order chi connectivity index (χ1) is 12.9. The number of hydrogen-bond donors (Lipinski definition) is 0. The van der Waals surface area contributed by atoms with Gasteiger partial charge < -0.3 is 9.30 Å². The Morgan fingerprint density at radius 1 is 1.29 bits per heavy atom. The second-order valence-electron chi connectivity index (χ2n) is 7.86. The number of nitriles is 1. The van der Waals surface area contributed by atoms with Crippen molar-refractivity contribution in [3.05, 3.63) is 31.0 Å². The van der Waals surface area contributed by atoms with E-state index in [-0.39, 0.29) is 18.4 Å². The van der Waals surface area contributed by atoms with Crippen LogP contribution in [0.15, 0.2) is 31.0 Å². The molecule has 1 unspecified atom stereocenters. The molecule has 7 nitrogen and oxygen atoms in total. The highest BCUT2D eigenvalue weighted by Gasteiger charge is 2.15. The number of aromatic nitrogens is 5. The molecule has 0 bridgehead atoms. The number of rotatable bonds is 8. The minimum absolute atomic E-state index is 0. The van der Waals surface area contributed by atoms with Crippen LogP contribution in [0.1, 0.15) is 19.4 Å². The van der Waals surface area contributed by atoms with Crippen LogP contribution in [0.2, 0.25) is 25.7 Å². The van der Waals surface area contributed by atoms with Crippen LogP contribution in [-0.2, 0) is 11.5 Å². The Bertz CT molecular complexity index is 955. The Hall–Kier alpha value is -2.21. The van der Waals surface area contributed by atoms with E-state index >= 15 is 0 Å². The summed E-state index contributed by atoms with van der Waals surface area (Å²) in [5.41, 5.74) is 2.54. The van der Waals surface area contributed by atoms with Crippen LogP contribution in [0.5, 0.6) is 0 Å². The standard InChI is InChI=1S/C19H26N6OSi.ClH/c1-5-16(10-20)25-12-15(11-23-25)18-17-6-7-24(19(17)22-13-21-18)14-26-8-9-27(2,3)4;/h6-7,11-13,16H,5,8-9,14H2,1-4H3;1H. The summed E-state index contributed by atoms with van der Waals surface area (Å²) in [5, 5.41) is 14.5. The summed E-state index contributed by atoms with van der Waals surface area (Å²) < 4.78 is 9.55. The Labute approximate surface area is 172 Å². The van der Waals surface area contributed by atoms with Crippen LogP contribution in [0.25, 0.3) is 22.3 Å². The van der Waals surface area contributed by atoms with Crippen LogP contribution in [0, 0.1) is 11.3 Å². The Kier molecular flexibility index (Phi) is 7.35. The maximum atomic E-state index is 9.24. The maximum absolute atomic E-state index is 9.24. The normalized spacial score (nSPS) is 12.5. The molecule has 3 aromatic rings. The van der Waals surface area contributed by atoms with Gasteiger partial charge in [0.15, 0.2) is 0 Å². The molecule has 0 N–H and O–H groups in total. The average molecular weight is 419 g/mol. The van der Waals surface area contributed by atoms with Crippen molar-refractivity contribution in [2.24, 2.45) is 0 Å². The fourth-order valence-corrected chi connectivity index (χ4v) is 3.60. The molecule has 0 radical (unpaired) electrons. The van der Waals surface area contributed by atoms with Gasteiger partial charge in [0.05, 0.1) is 18.0 Å². The number of nitrogens with zero attached hydrogens (tertiary/aromatic N) is 6. The van der Waals surface area contributed by atoms with E-state index in [0.29, 0.717) is 13.2 Å². The molecule has 0 aliphatic heterocycles. The molecule has 0 aliphatic carbocycles. The Morgan fingerprint density at radius 3 is 2.75 bits per heavy atom. The van der Waals surface area contributed by atoms with Crippen molar-refractivity contribution < 1.29 is 4.74 Å². The topological polar surface area (TPSA) is 81.5 Å². The van der Waals surface area contributed by atoms with E-state index in [0.717, 1.165) is 34.9 Å². The molecule has 0 fully saturated rings. The summed E-state index contributed by atoms with van der Waals surface area (Å²) in [5.74, 6) is 0. The smallest absolute Gasteiger partial charge is 0.145 e. The van der Waals surface area contributed by atoms with Crippen molar-refractivity contribution in [3.8, 4) is 17.3 Å². The van der Waals surface area contributed by atoms with Crippen LogP contribution in [-0.4, -0.2) is 39.0 Å². The largest absolute Gasteiger partial charge is 0.361 e. The Balaban J connectivity index is 0.00000280. The molecule has 3 heterocycles.